The van der Waals surface area contributed by atoms with Crippen LogP contribution in [0.1, 0.15) is 15.9 Å². The smallest absolute Gasteiger partial charge is 0.259 e. The molecule has 0 saturated carbocycles. The van der Waals surface area contributed by atoms with Gasteiger partial charge < -0.3 is 19.5 Å². The van der Waals surface area contributed by atoms with Crippen LogP contribution in [0.3, 0.4) is 0 Å². The summed E-state index contributed by atoms with van der Waals surface area (Å²) in [5.41, 5.74) is 1.15. The van der Waals surface area contributed by atoms with Crippen LogP contribution in [0.5, 0.6) is 17.2 Å². The van der Waals surface area contributed by atoms with Crippen molar-refractivity contribution in [3.63, 3.8) is 0 Å². The molecule has 0 aliphatic carbocycles. The number of hydrogen-bond donors (Lipinski definition) is 1. The molecule has 0 spiro atoms. The van der Waals surface area contributed by atoms with Gasteiger partial charge in [-0.25, -0.2) is 4.39 Å². The molecule has 0 atom stereocenters. The Bertz CT molecular complexity index is 731. The molecular weight excluding hydrogens is 301 g/mol. The van der Waals surface area contributed by atoms with Crippen molar-refractivity contribution >= 4 is 11.6 Å². The minimum absolute atomic E-state index is 0.104. The zero-order valence-electron chi connectivity index (χ0n) is 13.4. The number of carbonyl (C=O) groups is 1. The Morgan fingerprint density at radius 1 is 1.00 bits per heavy atom. The van der Waals surface area contributed by atoms with Gasteiger partial charge in [-0.15, -0.1) is 0 Å². The van der Waals surface area contributed by atoms with Crippen LogP contribution in [0.2, 0.25) is 0 Å². The van der Waals surface area contributed by atoms with Gasteiger partial charge in [-0.1, -0.05) is 6.07 Å². The second-order valence-electron chi connectivity index (χ2n) is 4.82. The van der Waals surface area contributed by atoms with E-state index in [-0.39, 0.29) is 17.0 Å². The van der Waals surface area contributed by atoms with Crippen molar-refractivity contribution in [3.8, 4) is 17.2 Å². The number of aryl methyl sites for hydroxylation is 1. The lowest BCUT2D eigenvalue weighted by atomic mass is 10.1. The van der Waals surface area contributed by atoms with E-state index in [9.17, 15) is 9.18 Å². The average molecular weight is 319 g/mol. The van der Waals surface area contributed by atoms with Crippen LogP contribution in [-0.2, 0) is 0 Å². The summed E-state index contributed by atoms with van der Waals surface area (Å²) in [5.74, 6) is -0.0666. The lowest BCUT2D eigenvalue weighted by Gasteiger charge is -2.15. The quantitative estimate of drug-likeness (QED) is 0.917. The molecule has 0 aliphatic rings. The molecule has 0 saturated heterocycles. The molecule has 0 radical (unpaired) electrons. The maximum Gasteiger partial charge on any atom is 0.259 e. The Labute approximate surface area is 134 Å². The van der Waals surface area contributed by atoms with Gasteiger partial charge in [0.05, 0.1) is 32.6 Å². The second kappa shape index (κ2) is 7.00. The number of halogens is 1. The molecular formula is C17H18FNO4. The molecule has 23 heavy (non-hydrogen) atoms. The number of rotatable bonds is 5. The molecule has 6 heteroatoms. The van der Waals surface area contributed by atoms with Crippen molar-refractivity contribution in [2.75, 3.05) is 26.6 Å². The zero-order chi connectivity index (χ0) is 17.0. The molecule has 0 aromatic heterocycles. The van der Waals surface area contributed by atoms with Crippen LogP contribution in [0, 0.1) is 12.7 Å². The minimum atomic E-state index is -0.511. The molecule has 1 amide bonds. The van der Waals surface area contributed by atoms with Crippen LogP contribution < -0.4 is 19.5 Å². The Kier molecular flexibility index (Phi) is 5.05. The van der Waals surface area contributed by atoms with Gasteiger partial charge in [0, 0.05) is 0 Å². The lowest BCUT2D eigenvalue weighted by molar-refractivity contribution is 0.102. The molecule has 2 rings (SSSR count). The largest absolute Gasteiger partial charge is 0.493 e. The summed E-state index contributed by atoms with van der Waals surface area (Å²) in [6, 6.07) is 7.60. The zero-order valence-corrected chi connectivity index (χ0v) is 13.4. The third kappa shape index (κ3) is 3.36. The van der Waals surface area contributed by atoms with Crippen molar-refractivity contribution in [2.24, 2.45) is 0 Å². The number of ether oxygens (including phenoxy) is 3. The maximum absolute atomic E-state index is 13.8. The molecule has 0 bridgehead atoms. The van der Waals surface area contributed by atoms with E-state index in [0.29, 0.717) is 11.5 Å². The number of hydrogen-bond acceptors (Lipinski definition) is 4. The van der Waals surface area contributed by atoms with Gasteiger partial charge in [-0.3, -0.25) is 4.79 Å². The lowest BCUT2D eigenvalue weighted by Crippen LogP contribution is -2.15. The number of methoxy groups -OCH3 is 3. The molecule has 2 aromatic carbocycles. The molecule has 0 heterocycles. The van der Waals surface area contributed by atoms with Gasteiger partial charge in [0.25, 0.3) is 5.91 Å². The first-order valence-corrected chi connectivity index (χ1v) is 6.88. The predicted octanol–water partition coefficient (Wildman–Crippen LogP) is 3.41. The number of nitrogens with one attached hydrogen (secondary N) is 1. The van der Waals surface area contributed by atoms with Crippen molar-refractivity contribution in [1.82, 2.24) is 0 Å². The van der Waals surface area contributed by atoms with Gasteiger partial charge >= 0.3 is 0 Å². The second-order valence-corrected chi connectivity index (χ2v) is 4.82. The number of amides is 1. The predicted molar refractivity (Wildman–Crippen MR) is 85.2 cm³/mol. The fourth-order valence-electron chi connectivity index (χ4n) is 2.20. The Morgan fingerprint density at radius 3 is 2.30 bits per heavy atom. The van der Waals surface area contributed by atoms with Gasteiger partial charge in [-0.2, -0.15) is 0 Å². The molecule has 0 unspecified atom stereocenters. The highest BCUT2D eigenvalue weighted by Gasteiger charge is 2.21. The van der Waals surface area contributed by atoms with E-state index in [0.717, 1.165) is 5.56 Å². The highest BCUT2D eigenvalue weighted by Crippen LogP contribution is 2.40. The van der Waals surface area contributed by atoms with Gasteiger partial charge in [-0.05, 0) is 36.8 Å². The molecule has 2 aromatic rings. The van der Waals surface area contributed by atoms with E-state index in [1.807, 2.05) is 6.92 Å². The fraction of sp³-hybridized carbons (Fsp3) is 0.235. The van der Waals surface area contributed by atoms with Crippen molar-refractivity contribution in [3.05, 3.63) is 47.3 Å². The fourth-order valence-corrected chi connectivity index (χ4v) is 2.20. The van der Waals surface area contributed by atoms with Crippen molar-refractivity contribution in [2.45, 2.75) is 6.92 Å². The minimum Gasteiger partial charge on any atom is -0.493 e. The summed E-state index contributed by atoms with van der Waals surface area (Å²) in [7, 11) is 4.35. The highest BCUT2D eigenvalue weighted by molar-refractivity contribution is 6.07. The summed E-state index contributed by atoms with van der Waals surface area (Å²) in [4.78, 5) is 12.5. The van der Waals surface area contributed by atoms with Crippen LogP contribution in [0.25, 0.3) is 0 Å². The average Bonchev–Trinajstić information content (AvgIpc) is 2.56. The van der Waals surface area contributed by atoms with Crippen molar-refractivity contribution < 1.29 is 23.4 Å². The Balaban J connectivity index is 2.41. The van der Waals surface area contributed by atoms with E-state index in [1.165, 1.54) is 33.5 Å². The first-order chi connectivity index (χ1) is 11.0. The summed E-state index contributed by atoms with van der Waals surface area (Å²) >= 11 is 0. The first-order valence-electron chi connectivity index (χ1n) is 6.88. The number of anilines is 1. The van der Waals surface area contributed by atoms with E-state index in [2.05, 4.69) is 5.32 Å². The van der Waals surface area contributed by atoms with Crippen LogP contribution in [0.15, 0.2) is 30.3 Å². The molecule has 5 nitrogen and oxygen atoms in total. The molecule has 122 valence electrons. The van der Waals surface area contributed by atoms with E-state index in [1.54, 1.807) is 18.2 Å². The molecule has 0 aliphatic heterocycles. The monoisotopic (exact) mass is 319 g/mol. The van der Waals surface area contributed by atoms with Crippen LogP contribution >= 0.6 is 0 Å². The Hall–Kier alpha value is -2.76. The summed E-state index contributed by atoms with van der Waals surface area (Å²) in [5, 5.41) is 2.54. The summed E-state index contributed by atoms with van der Waals surface area (Å²) in [6.45, 7) is 1.81. The van der Waals surface area contributed by atoms with E-state index < -0.39 is 11.7 Å². The van der Waals surface area contributed by atoms with Crippen molar-refractivity contribution in [1.29, 1.82) is 0 Å². The summed E-state index contributed by atoms with van der Waals surface area (Å²) < 4.78 is 29.5. The third-order valence-electron chi connectivity index (χ3n) is 3.32. The van der Waals surface area contributed by atoms with E-state index in [4.69, 9.17) is 14.2 Å². The molecule has 0 fully saturated rings. The number of carbonyl (C=O) groups excluding carboxylic acids is 1. The first kappa shape index (κ1) is 16.6. The SMILES string of the molecule is COc1ccc(C(=O)Nc2cc(C)ccc2F)c(OC)c1OC. The molecule has 1 N–H and O–H groups in total. The summed E-state index contributed by atoms with van der Waals surface area (Å²) in [6.07, 6.45) is 0. The van der Waals surface area contributed by atoms with Crippen LogP contribution in [-0.4, -0.2) is 27.2 Å². The van der Waals surface area contributed by atoms with Crippen LogP contribution in [0.4, 0.5) is 10.1 Å². The van der Waals surface area contributed by atoms with Gasteiger partial charge in [0.1, 0.15) is 5.82 Å². The standard InChI is InChI=1S/C17H18FNO4/c1-10-5-7-12(18)13(9-10)19-17(20)11-6-8-14(21-2)16(23-4)15(11)22-3/h5-9H,1-4H3,(H,19,20). The van der Waals surface area contributed by atoms with Gasteiger partial charge in [0.15, 0.2) is 11.5 Å². The Morgan fingerprint density at radius 2 is 1.70 bits per heavy atom. The normalized spacial score (nSPS) is 10.1. The van der Waals surface area contributed by atoms with E-state index >= 15 is 0 Å². The maximum atomic E-state index is 13.8. The highest BCUT2D eigenvalue weighted by atomic mass is 19.1. The van der Waals surface area contributed by atoms with Gasteiger partial charge in [0.2, 0.25) is 5.75 Å². The number of benzene rings is 2. The topological polar surface area (TPSA) is 56.8 Å². The third-order valence-corrected chi connectivity index (χ3v) is 3.32.